The van der Waals surface area contributed by atoms with Crippen LogP contribution in [0.25, 0.3) is 0 Å². The average molecular weight is 190 g/mol. The third-order valence-electron chi connectivity index (χ3n) is 3.62. The van der Waals surface area contributed by atoms with Crippen LogP contribution in [0.2, 0.25) is 0 Å². The summed E-state index contributed by atoms with van der Waals surface area (Å²) in [4.78, 5) is 0. The van der Waals surface area contributed by atoms with Gasteiger partial charge in [-0.25, -0.2) is 0 Å². The highest BCUT2D eigenvalue weighted by molar-refractivity contribution is 5.44. The summed E-state index contributed by atoms with van der Waals surface area (Å²) in [7, 11) is 0. The summed E-state index contributed by atoms with van der Waals surface area (Å²) in [5.74, 6) is 0.185. The molecular weight excluding hydrogens is 176 g/mol. The summed E-state index contributed by atoms with van der Waals surface area (Å²) in [6.07, 6.45) is 1.54. The van der Waals surface area contributed by atoms with E-state index in [0.717, 1.165) is 12.8 Å². The van der Waals surface area contributed by atoms with Gasteiger partial charge in [0.15, 0.2) is 0 Å². The molecule has 1 aromatic carbocycles. The molecule has 0 fully saturated rings. The first kappa shape index (κ1) is 8.45. The molecule has 0 aromatic heterocycles. The molecule has 1 aromatic rings. The Balaban J connectivity index is 2.17. The van der Waals surface area contributed by atoms with E-state index in [1.807, 2.05) is 0 Å². The van der Waals surface area contributed by atoms with Gasteiger partial charge in [-0.1, -0.05) is 18.2 Å². The van der Waals surface area contributed by atoms with E-state index in [2.05, 4.69) is 18.2 Å². The van der Waals surface area contributed by atoms with Gasteiger partial charge in [-0.15, -0.1) is 0 Å². The molecule has 0 radical (unpaired) electrons. The van der Waals surface area contributed by atoms with Crippen LogP contribution in [0.4, 0.5) is 0 Å². The van der Waals surface area contributed by atoms with Gasteiger partial charge >= 0.3 is 0 Å². The lowest BCUT2D eigenvalue weighted by Crippen LogP contribution is -2.37. The zero-order valence-corrected chi connectivity index (χ0v) is 7.98. The van der Waals surface area contributed by atoms with E-state index >= 15 is 0 Å². The molecule has 0 saturated heterocycles. The lowest BCUT2D eigenvalue weighted by atomic mass is 9.80. The Kier molecular flexibility index (Phi) is 1.70. The Morgan fingerprint density at radius 2 is 1.93 bits per heavy atom. The van der Waals surface area contributed by atoms with Crippen LogP contribution in [0.3, 0.4) is 0 Å². The monoisotopic (exact) mass is 190 g/mol. The Morgan fingerprint density at radius 3 is 2.79 bits per heavy atom. The van der Waals surface area contributed by atoms with Crippen LogP contribution in [0.5, 0.6) is 0 Å². The molecule has 14 heavy (non-hydrogen) atoms. The van der Waals surface area contributed by atoms with Gasteiger partial charge in [0.1, 0.15) is 0 Å². The lowest BCUT2D eigenvalue weighted by Gasteiger charge is -2.31. The maximum Gasteiger partial charge on any atom is 0.0871 e. The molecule has 0 heterocycles. The summed E-state index contributed by atoms with van der Waals surface area (Å²) in [6.45, 7) is 0. The van der Waals surface area contributed by atoms with E-state index in [4.69, 9.17) is 0 Å². The first-order valence-electron chi connectivity index (χ1n) is 5.24. The van der Waals surface area contributed by atoms with Crippen LogP contribution in [0.1, 0.15) is 29.0 Å². The van der Waals surface area contributed by atoms with Crippen LogP contribution in [-0.2, 0) is 12.8 Å². The van der Waals surface area contributed by atoms with E-state index in [9.17, 15) is 10.2 Å². The fraction of sp³-hybridized carbons (Fsp3) is 0.500. The molecule has 0 aliphatic heterocycles. The number of hydrogen-bond acceptors (Lipinski definition) is 2. The number of benzene rings is 1. The van der Waals surface area contributed by atoms with Crippen LogP contribution >= 0.6 is 0 Å². The van der Waals surface area contributed by atoms with Gasteiger partial charge in [-0.2, -0.15) is 0 Å². The predicted octanol–water partition coefficient (Wildman–Crippen LogP) is 0.994. The second-order valence-corrected chi connectivity index (χ2v) is 4.40. The summed E-state index contributed by atoms with van der Waals surface area (Å²) in [5.41, 5.74) is 3.94. The Hall–Kier alpha value is -0.860. The molecule has 3 unspecified atom stereocenters. The molecule has 2 aliphatic carbocycles. The largest absolute Gasteiger partial charge is 0.390 e. The zero-order chi connectivity index (χ0) is 9.71. The van der Waals surface area contributed by atoms with Gasteiger partial charge in [-0.05, 0) is 29.5 Å². The topological polar surface area (TPSA) is 40.5 Å². The second kappa shape index (κ2) is 2.81. The highest BCUT2D eigenvalue weighted by Crippen LogP contribution is 2.42. The summed E-state index contributed by atoms with van der Waals surface area (Å²) >= 11 is 0. The molecule has 0 bridgehead atoms. The van der Waals surface area contributed by atoms with Crippen molar-refractivity contribution in [3.63, 3.8) is 0 Å². The van der Waals surface area contributed by atoms with Gasteiger partial charge in [0, 0.05) is 12.3 Å². The average Bonchev–Trinajstić information content (AvgIpc) is 2.60. The fourth-order valence-corrected chi connectivity index (χ4v) is 2.95. The highest BCUT2D eigenvalue weighted by Gasteiger charge is 2.38. The molecular formula is C12H14O2. The minimum atomic E-state index is -0.569. The maximum atomic E-state index is 9.87. The lowest BCUT2D eigenvalue weighted by molar-refractivity contribution is -0.00373. The number of hydrogen-bond donors (Lipinski definition) is 2. The molecule has 2 N–H and O–H groups in total. The third-order valence-corrected chi connectivity index (χ3v) is 3.62. The number of aryl methyl sites for hydroxylation is 1. The fourth-order valence-electron chi connectivity index (χ4n) is 2.95. The van der Waals surface area contributed by atoms with Crippen molar-refractivity contribution >= 4 is 0 Å². The van der Waals surface area contributed by atoms with Crippen molar-refractivity contribution in [3.05, 3.63) is 34.9 Å². The van der Waals surface area contributed by atoms with Crippen LogP contribution < -0.4 is 0 Å². The minimum absolute atomic E-state index is 0.185. The van der Waals surface area contributed by atoms with Crippen LogP contribution in [0, 0.1) is 0 Å². The molecule has 2 heteroatoms. The van der Waals surface area contributed by atoms with Crippen molar-refractivity contribution in [2.45, 2.75) is 37.4 Å². The van der Waals surface area contributed by atoms with E-state index in [-0.39, 0.29) is 5.92 Å². The smallest absolute Gasteiger partial charge is 0.0871 e. The summed E-state index contributed by atoms with van der Waals surface area (Å²) in [5, 5.41) is 19.6. The Bertz CT molecular complexity index is 373. The number of aliphatic hydroxyl groups excluding tert-OH is 2. The Labute approximate surface area is 83.2 Å². The summed E-state index contributed by atoms with van der Waals surface area (Å²) < 4.78 is 0. The molecule has 2 nitrogen and oxygen atoms in total. The third kappa shape index (κ3) is 0.983. The maximum absolute atomic E-state index is 9.87. The van der Waals surface area contributed by atoms with Gasteiger partial charge in [0.25, 0.3) is 0 Å². The SMILES string of the molecule is OC1Cc2cccc3c2C(CC3)C1O. The van der Waals surface area contributed by atoms with Crippen molar-refractivity contribution in [1.29, 1.82) is 0 Å². The van der Waals surface area contributed by atoms with E-state index < -0.39 is 12.2 Å². The molecule has 74 valence electrons. The zero-order valence-electron chi connectivity index (χ0n) is 7.98. The van der Waals surface area contributed by atoms with Crippen LogP contribution in [0.15, 0.2) is 18.2 Å². The van der Waals surface area contributed by atoms with E-state index in [1.165, 1.54) is 16.7 Å². The first-order chi connectivity index (χ1) is 6.77. The van der Waals surface area contributed by atoms with E-state index in [1.54, 1.807) is 0 Å². The Morgan fingerprint density at radius 1 is 1.14 bits per heavy atom. The highest BCUT2D eigenvalue weighted by atomic mass is 16.3. The molecule has 3 rings (SSSR count). The molecule has 0 spiro atoms. The number of aliphatic hydroxyl groups is 2. The summed E-state index contributed by atoms with van der Waals surface area (Å²) in [6, 6.07) is 6.27. The standard InChI is InChI=1S/C12H14O2/c13-10-6-8-3-1-2-7-4-5-9(11(7)8)12(10)14/h1-3,9-10,12-14H,4-6H2. The van der Waals surface area contributed by atoms with Crippen molar-refractivity contribution in [2.24, 2.45) is 0 Å². The predicted molar refractivity (Wildman–Crippen MR) is 53.2 cm³/mol. The van der Waals surface area contributed by atoms with Crippen molar-refractivity contribution in [2.75, 3.05) is 0 Å². The normalized spacial score (nSPS) is 34.3. The van der Waals surface area contributed by atoms with Gasteiger partial charge in [0.2, 0.25) is 0 Å². The van der Waals surface area contributed by atoms with E-state index in [0.29, 0.717) is 6.42 Å². The quantitative estimate of drug-likeness (QED) is 0.640. The van der Waals surface area contributed by atoms with Crippen molar-refractivity contribution < 1.29 is 10.2 Å². The van der Waals surface area contributed by atoms with Gasteiger partial charge in [0.05, 0.1) is 12.2 Å². The van der Waals surface area contributed by atoms with Gasteiger partial charge in [-0.3, -0.25) is 0 Å². The molecule has 3 atom stereocenters. The molecule has 0 amide bonds. The first-order valence-corrected chi connectivity index (χ1v) is 5.24. The molecule has 0 saturated carbocycles. The van der Waals surface area contributed by atoms with Gasteiger partial charge < -0.3 is 10.2 Å². The van der Waals surface area contributed by atoms with Crippen molar-refractivity contribution in [3.8, 4) is 0 Å². The van der Waals surface area contributed by atoms with Crippen molar-refractivity contribution in [1.82, 2.24) is 0 Å². The number of rotatable bonds is 0. The molecule has 2 aliphatic rings. The van der Waals surface area contributed by atoms with Crippen LogP contribution in [-0.4, -0.2) is 22.4 Å². The second-order valence-electron chi connectivity index (χ2n) is 4.40. The minimum Gasteiger partial charge on any atom is -0.390 e.